The lowest BCUT2D eigenvalue weighted by Gasteiger charge is -2.33. The van der Waals surface area contributed by atoms with Gasteiger partial charge in [0, 0.05) is 56.8 Å². The van der Waals surface area contributed by atoms with Crippen LogP contribution in [0, 0.1) is 10.1 Å². The molecule has 1 aliphatic rings. The number of ether oxygens (including phenoxy) is 1. The van der Waals surface area contributed by atoms with Crippen LogP contribution in [-0.4, -0.2) is 67.6 Å². The number of carboxylic acid groups (broad SMARTS) is 1. The Morgan fingerprint density at radius 3 is 2.42 bits per heavy atom. The quantitative estimate of drug-likeness (QED) is 0.502. The summed E-state index contributed by atoms with van der Waals surface area (Å²) in [5.74, 6) is 0.527. The van der Waals surface area contributed by atoms with E-state index in [9.17, 15) is 19.7 Å². The molecule has 1 fully saturated rings. The van der Waals surface area contributed by atoms with Gasteiger partial charge >= 0.3 is 6.09 Å². The van der Waals surface area contributed by atoms with E-state index in [-0.39, 0.29) is 30.6 Å². The van der Waals surface area contributed by atoms with E-state index >= 15 is 0 Å². The number of benzene rings is 1. The molecule has 0 atom stereocenters. The fraction of sp³-hybridized carbons (Fsp3) is 0.250. The zero-order chi connectivity index (χ0) is 22.1. The molecule has 4 rings (SSSR count). The molecule has 0 radical (unpaired) electrons. The van der Waals surface area contributed by atoms with Crippen LogP contribution in [0.2, 0.25) is 0 Å². The third-order valence-corrected chi connectivity index (χ3v) is 5.23. The Kier molecular flexibility index (Phi) is 5.15. The number of carbonyl (C=O) groups excluding carboxylic acids is 1. The highest BCUT2D eigenvalue weighted by Crippen LogP contribution is 2.28. The molecule has 2 aromatic heterocycles. The highest BCUT2D eigenvalue weighted by atomic mass is 16.6. The Balaban J connectivity index is 1.53. The Morgan fingerprint density at radius 1 is 1.10 bits per heavy atom. The summed E-state index contributed by atoms with van der Waals surface area (Å²) in [6, 6.07) is 9.82. The zero-order valence-corrected chi connectivity index (χ0v) is 16.6. The van der Waals surface area contributed by atoms with E-state index in [1.165, 1.54) is 17.0 Å². The van der Waals surface area contributed by atoms with Crippen molar-refractivity contribution < 1.29 is 24.4 Å². The third-order valence-electron chi connectivity index (χ3n) is 5.23. The van der Waals surface area contributed by atoms with Crippen LogP contribution in [0.15, 0.2) is 42.6 Å². The second kappa shape index (κ2) is 7.94. The van der Waals surface area contributed by atoms with Gasteiger partial charge in [0.05, 0.1) is 10.4 Å². The molecule has 0 unspecified atom stereocenters. The van der Waals surface area contributed by atoms with Gasteiger partial charge in [-0.2, -0.15) is 0 Å². The number of nitro groups is 1. The van der Waals surface area contributed by atoms with Gasteiger partial charge in [0.25, 0.3) is 11.6 Å². The first-order chi connectivity index (χ1) is 14.8. The number of pyridine rings is 1. The maximum atomic E-state index is 13.0. The number of rotatable bonds is 4. The standard InChI is InChI=1S/C20H19N5O6/c1-22-16-11-15(31-18-5-3-14(12-21-18)25(29)30)4-2-13(16)10-17(22)19(26)23-6-8-24(9-7-23)20(27)28/h2-5,10-12H,6-9H2,1H3,(H,27,28). The first kappa shape index (κ1) is 20.1. The van der Waals surface area contributed by atoms with E-state index < -0.39 is 11.0 Å². The lowest BCUT2D eigenvalue weighted by atomic mass is 10.2. The first-order valence-electron chi connectivity index (χ1n) is 9.48. The summed E-state index contributed by atoms with van der Waals surface area (Å²) < 4.78 is 7.45. The SMILES string of the molecule is Cn1c(C(=O)N2CCN(C(=O)O)CC2)cc2ccc(Oc3ccc([N+](=O)[O-])cn3)cc21. The van der Waals surface area contributed by atoms with Crippen molar-refractivity contribution in [3.8, 4) is 11.6 Å². The molecule has 31 heavy (non-hydrogen) atoms. The normalized spacial score (nSPS) is 14.0. The molecule has 1 saturated heterocycles. The molecule has 2 amide bonds. The molecule has 0 aliphatic carbocycles. The van der Waals surface area contributed by atoms with Crippen LogP contribution in [0.3, 0.4) is 0 Å². The van der Waals surface area contributed by atoms with Gasteiger partial charge in [0.2, 0.25) is 5.88 Å². The smallest absolute Gasteiger partial charge is 0.407 e. The molecule has 1 aliphatic heterocycles. The summed E-state index contributed by atoms with van der Waals surface area (Å²) >= 11 is 0. The number of piperazine rings is 1. The van der Waals surface area contributed by atoms with E-state index in [2.05, 4.69) is 4.98 Å². The summed E-state index contributed by atoms with van der Waals surface area (Å²) in [6.07, 6.45) is 0.142. The number of nitrogens with zero attached hydrogens (tertiary/aromatic N) is 5. The molecule has 11 nitrogen and oxygen atoms in total. The van der Waals surface area contributed by atoms with Gasteiger partial charge in [-0.25, -0.2) is 9.78 Å². The fourth-order valence-corrected chi connectivity index (χ4v) is 3.50. The Morgan fingerprint density at radius 2 is 1.81 bits per heavy atom. The number of hydrogen-bond donors (Lipinski definition) is 1. The molecule has 3 heterocycles. The predicted molar refractivity (Wildman–Crippen MR) is 109 cm³/mol. The molecule has 1 aromatic carbocycles. The van der Waals surface area contributed by atoms with Gasteiger partial charge in [0.15, 0.2) is 0 Å². The summed E-state index contributed by atoms with van der Waals surface area (Å²) in [7, 11) is 1.77. The van der Waals surface area contributed by atoms with Crippen LogP contribution in [0.4, 0.5) is 10.5 Å². The number of carbonyl (C=O) groups is 2. The summed E-state index contributed by atoms with van der Waals surface area (Å²) in [5, 5.41) is 20.6. The third kappa shape index (κ3) is 3.97. The maximum absolute atomic E-state index is 13.0. The Bertz CT molecular complexity index is 1160. The van der Waals surface area contributed by atoms with Crippen LogP contribution in [0.1, 0.15) is 10.5 Å². The molecule has 0 bridgehead atoms. The van der Waals surface area contributed by atoms with Gasteiger partial charge < -0.3 is 24.2 Å². The van der Waals surface area contributed by atoms with Crippen LogP contribution in [-0.2, 0) is 7.05 Å². The van der Waals surface area contributed by atoms with Crippen molar-refractivity contribution in [2.24, 2.45) is 7.05 Å². The predicted octanol–water partition coefficient (Wildman–Crippen LogP) is 2.71. The topological polar surface area (TPSA) is 131 Å². The molecule has 11 heteroatoms. The van der Waals surface area contributed by atoms with Crippen molar-refractivity contribution in [2.75, 3.05) is 26.2 Å². The van der Waals surface area contributed by atoms with E-state index in [0.29, 0.717) is 24.5 Å². The molecular formula is C20H19N5O6. The van der Waals surface area contributed by atoms with Crippen LogP contribution in [0.5, 0.6) is 11.6 Å². The van der Waals surface area contributed by atoms with E-state index in [4.69, 9.17) is 9.84 Å². The number of aromatic nitrogens is 2. The summed E-state index contributed by atoms with van der Waals surface area (Å²) in [5.41, 5.74) is 1.13. The van der Waals surface area contributed by atoms with Gasteiger partial charge in [-0.15, -0.1) is 0 Å². The minimum Gasteiger partial charge on any atom is -0.465 e. The number of amides is 2. The fourth-order valence-electron chi connectivity index (χ4n) is 3.50. The highest BCUT2D eigenvalue weighted by molar-refractivity contribution is 5.99. The molecule has 0 saturated carbocycles. The van der Waals surface area contributed by atoms with E-state index in [1.807, 2.05) is 6.07 Å². The van der Waals surface area contributed by atoms with E-state index in [0.717, 1.165) is 17.1 Å². The Hall–Kier alpha value is -4.15. The molecule has 3 aromatic rings. The largest absolute Gasteiger partial charge is 0.465 e. The summed E-state index contributed by atoms with van der Waals surface area (Å²) in [6.45, 7) is 1.25. The monoisotopic (exact) mass is 425 g/mol. The second-order valence-corrected chi connectivity index (χ2v) is 7.08. The molecular weight excluding hydrogens is 406 g/mol. The lowest BCUT2D eigenvalue weighted by molar-refractivity contribution is -0.385. The number of aryl methyl sites for hydroxylation is 1. The van der Waals surface area contributed by atoms with Crippen LogP contribution >= 0.6 is 0 Å². The van der Waals surface area contributed by atoms with Gasteiger partial charge in [-0.3, -0.25) is 14.9 Å². The highest BCUT2D eigenvalue weighted by Gasteiger charge is 2.26. The average Bonchev–Trinajstić information content (AvgIpc) is 3.09. The summed E-state index contributed by atoms with van der Waals surface area (Å²) in [4.78, 5) is 41.1. The minimum absolute atomic E-state index is 0.127. The first-order valence-corrected chi connectivity index (χ1v) is 9.48. The maximum Gasteiger partial charge on any atom is 0.407 e. The van der Waals surface area contributed by atoms with Crippen LogP contribution < -0.4 is 4.74 Å². The lowest BCUT2D eigenvalue weighted by Crippen LogP contribution is -2.50. The van der Waals surface area contributed by atoms with Crippen molar-refractivity contribution in [3.63, 3.8) is 0 Å². The average molecular weight is 425 g/mol. The van der Waals surface area contributed by atoms with Crippen molar-refractivity contribution >= 4 is 28.6 Å². The Labute approximate surface area is 176 Å². The van der Waals surface area contributed by atoms with Crippen molar-refractivity contribution in [1.82, 2.24) is 19.4 Å². The second-order valence-electron chi connectivity index (χ2n) is 7.08. The van der Waals surface area contributed by atoms with Gasteiger partial charge in [-0.1, -0.05) is 0 Å². The van der Waals surface area contributed by atoms with Crippen molar-refractivity contribution in [1.29, 1.82) is 0 Å². The minimum atomic E-state index is -0.980. The number of hydrogen-bond acceptors (Lipinski definition) is 6. The van der Waals surface area contributed by atoms with Crippen molar-refractivity contribution in [3.05, 3.63) is 58.4 Å². The van der Waals surface area contributed by atoms with Gasteiger partial charge in [0.1, 0.15) is 17.6 Å². The molecule has 0 spiro atoms. The van der Waals surface area contributed by atoms with E-state index in [1.54, 1.807) is 34.7 Å². The number of fused-ring (bicyclic) bond motifs is 1. The molecule has 160 valence electrons. The van der Waals surface area contributed by atoms with Crippen LogP contribution in [0.25, 0.3) is 10.9 Å². The van der Waals surface area contributed by atoms with Crippen molar-refractivity contribution in [2.45, 2.75) is 0 Å². The van der Waals surface area contributed by atoms with Gasteiger partial charge in [-0.05, 0) is 18.2 Å². The molecule has 1 N–H and O–H groups in total. The zero-order valence-electron chi connectivity index (χ0n) is 16.6.